The molecule has 0 spiro atoms. The van der Waals surface area contributed by atoms with Crippen LogP contribution in [-0.4, -0.2) is 17.1 Å². The van der Waals surface area contributed by atoms with E-state index in [1.807, 2.05) is 6.08 Å². The molecule has 0 saturated heterocycles. The molecule has 0 fully saturated rings. The minimum atomic E-state index is -0.380. The van der Waals surface area contributed by atoms with Crippen molar-refractivity contribution < 1.29 is 9.90 Å². The van der Waals surface area contributed by atoms with Gasteiger partial charge in [0.05, 0.1) is 6.10 Å². The van der Waals surface area contributed by atoms with Crippen LogP contribution in [0.3, 0.4) is 0 Å². The minimum absolute atomic E-state index is 0.235. The molecule has 3 N–H and O–H groups in total. The summed E-state index contributed by atoms with van der Waals surface area (Å²) >= 11 is 0. The van der Waals surface area contributed by atoms with Crippen LogP contribution in [0.5, 0.6) is 0 Å². The van der Waals surface area contributed by atoms with Gasteiger partial charge in [-0.15, -0.1) is 0 Å². The Kier molecular flexibility index (Phi) is 7.05. The monoisotopic (exact) mass is 213 g/mol. The molecule has 2 unspecified atom stereocenters. The summed E-state index contributed by atoms with van der Waals surface area (Å²) in [5.41, 5.74) is 5.71. The zero-order valence-electron chi connectivity index (χ0n) is 9.99. The largest absolute Gasteiger partial charge is 0.393 e. The van der Waals surface area contributed by atoms with E-state index in [-0.39, 0.29) is 17.9 Å². The van der Waals surface area contributed by atoms with Crippen molar-refractivity contribution in [2.45, 2.75) is 52.6 Å². The highest BCUT2D eigenvalue weighted by Gasteiger charge is 2.15. The van der Waals surface area contributed by atoms with Gasteiger partial charge in [0.1, 0.15) is 0 Å². The first-order valence-electron chi connectivity index (χ1n) is 5.67. The number of allylic oxidation sites excluding steroid dienone is 1. The van der Waals surface area contributed by atoms with Gasteiger partial charge in [-0.3, -0.25) is 4.79 Å². The molecular weight excluding hydrogens is 190 g/mol. The molecular formula is C12H23NO2. The number of amides is 1. The average molecular weight is 213 g/mol. The van der Waals surface area contributed by atoms with Crippen LogP contribution in [0.4, 0.5) is 0 Å². The van der Waals surface area contributed by atoms with Crippen molar-refractivity contribution in [3.8, 4) is 0 Å². The van der Waals surface area contributed by atoms with Gasteiger partial charge < -0.3 is 10.8 Å². The zero-order valence-corrected chi connectivity index (χ0v) is 9.99. The highest BCUT2D eigenvalue weighted by atomic mass is 16.3. The summed E-state index contributed by atoms with van der Waals surface area (Å²) in [6, 6.07) is 0. The number of hydrogen-bond donors (Lipinski definition) is 2. The summed E-state index contributed by atoms with van der Waals surface area (Å²) in [5.74, 6) is -0.144. The summed E-state index contributed by atoms with van der Waals surface area (Å²) in [4.78, 5) is 10.8. The molecule has 0 aliphatic heterocycles. The smallest absolute Gasteiger partial charge is 0.244 e. The lowest BCUT2D eigenvalue weighted by atomic mass is 9.92. The molecule has 88 valence electrons. The number of aliphatic hydroxyl groups excluding tert-OH is 1. The maximum atomic E-state index is 10.8. The first kappa shape index (κ1) is 14.2. The number of primary amides is 1. The van der Waals surface area contributed by atoms with Crippen molar-refractivity contribution >= 4 is 5.91 Å². The lowest BCUT2D eigenvalue weighted by molar-refractivity contribution is -0.114. The Hall–Kier alpha value is -0.830. The van der Waals surface area contributed by atoms with E-state index in [0.29, 0.717) is 5.57 Å². The summed E-state index contributed by atoms with van der Waals surface area (Å²) < 4.78 is 0. The van der Waals surface area contributed by atoms with Gasteiger partial charge in [0.15, 0.2) is 0 Å². The van der Waals surface area contributed by atoms with E-state index in [4.69, 9.17) is 5.73 Å². The number of aliphatic hydroxyl groups is 1. The van der Waals surface area contributed by atoms with Gasteiger partial charge in [0.2, 0.25) is 5.91 Å². The fourth-order valence-electron chi connectivity index (χ4n) is 1.56. The van der Waals surface area contributed by atoms with Gasteiger partial charge in [0, 0.05) is 5.57 Å². The lowest BCUT2D eigenvalue weighted by Crippen LogP contribution is -2.19. The predicted molar refractivity (Wildman–Crippen MR) is 62.3 cm³/mol. The molecule has 15 heavy (non-hydrogen) atoms. The number of carbonyl (C=O) groups is 1. The van der Waals surface area contributed by atoms with E-state index in [1.54, 1.807) is 6.92 Å². The van der Waals surface area contributed by atoms with Gasteiger partial charge >= 0.3 is 0 Å². The topological polar surface area (TPSA) is 63.3 Å². The molecule has 0 heterocycles. The van der Waals surface area contributed by atoms with Gasteiger partial charge in [0.25, 0.3) is 0 Å². The summed E-state index contributed by atoms with van der Waals surface area (Å²) in [7, 11) is 0. The number of carbonyl (C=O) groups excluding carboxylic acids is 1. The Morgan fingerprint density at radius 2 is 2.07 bits per heavy atom. The van der Waals surface area contributed by atoms with Crippen LogP contribution in [0.15, 0.2) is 11.6 Å². The SMILES string of the molecule is CCCC(O)C(CC)CC=C(C)C(N)=O. The fraction of sp³-hybridized carbons (Fsp3) is 0.750. The van der Waals surface area contributed by atoms with E-state index >= 15 is 0 Å². The predicted octanol–water partition coefficient (Wildman–Crippen LogP) is 2.00. The van der Waals surface area contributed by atoms with E-state index in [9.17, 15) is 9.90 Å². The Labute approximate surface area is 92.4 Å². The van der Waals surface area contributed by atoms with Crippen molar-refractivity contribution in [2.75, 3.05) is 0 Å². The zero-order chi connectivity index (χ0) is 11.8. The minimum Gasteiger partial charge on any atom is -0.393 e. The molecule has 0 aromatic carbocycles. The second kappa shape index (κ2) is 7.46. The normalized spacial score (nSPS) is 16.1. The Balaban J connectivity index is 4.21. The van der Waals surface area contributed by atoms with Crippen molar-refractivity contribution in [3.05, 3.63) is 11.6 Å². The summed E-state index contributed by atoms with van der Waals surface area (Å²) in [6.07, 6.45) is 5.01. The first-order chi connectivity index (χ1) is 7.02. The number of nitrogens with two attached hydrogens (primary N) is 1. The van der Waals surface area contributed by atoms with E-state index in [2.05, 4.69) is 13.8 Å². The summed E-state index contributed by atoms with van der Waals surface area (Å²) in [6.45, 7) is 5.82. The number of hydrogen-bond acceptors (Lipinski definition) is 2. The van der Waals surface area contributed by atoms with Gasteiger partial charge in [-0.1, -0.05) is 32.8 Å². The van der Waals surface area contributed by atoms with Crippen LogP contribution < -0.4 is 5.73 Å². The molecule has 0 aliphatic carbocycles. The second-order valence-electron chi connectivity index (χ2n) is 4.01. The molecule has 0 aromatic heterocycles. The Morgan fingerprint density at radius 1 is 1.47 bits per heavy atom. The van der Waals surface area contributed by atoms with Gasteiger partial charge in [-0.2, -0.15) is 0 Å². The van der Waals surface area contributed by atoms with Crippen molar-refractivity contribution in [2.24, 2.45) is 11.7 Å². The molecule has 0 bridgehead atoms. The molecule has 2 atom stereocenters. The van der Waals surface area contributed by atoms with E-state index in [1.165, 1.54) is 0 Å². The molecule has 0 aromatic rings. The third-order valence-electron chi connectivity index (χ3n) is 2.77. The number of rotatable bonds is 7. The maximum absolute atomic E-state index is 10.8. The van der Waals surface area contributed by atoms with Crippen LogP contribution in [0, 0.1) is 5.92 Å². The highest BCUT2D eigenvalue weighted by molar-refractivity contribution is 5.91. The molecule has 3 nitrogen and oxygen atoms in total. The quantitative estimate of drug-likeness (QED) is 0.635. The molecule has 0 aliphatic rings. The van der Waals surface area contributed by atoms with Crippen LogP contribution in [-0.2, 0) is 4.79 Å². The highest BCUT2D eigenvalue weighted by Crippen LogP contribution is 2.18. The van der Waals surface area contributed by atoms with E-state index < -0.39 is 0 Å². The molecule has 3 heteroatoms. The average Bonchev–Trinajstić information content (AvgIpc) is 2.18. The lowest BCUT2D eigenvalue weighted by Gasteiger charge is -2.19. The maximum Gasteiger partial charge on any atom is 0.244 e. The molecule has 0 radical (unpaired) electrons. The van der Waals surface area contributed by atoms with E-state index in [0.717, 1.165) is 25.7 Å². The Morgan fingerprint density at radius 3 is 2.47 bits per heavy atom. The van der Waals surface area contributed by atoms with Crippen LogP contribution in [0.2, 0.25) is 0 Å². The standard InChI is InChI=1S/C12H23NO2/c1-4-6-11(14)10(5-2)8-7-9(3)12(13)15/h7,10-11,14H,4-6,8H2,1-3H3,(H2,13,15). The molecule has 0 saturated carbocycles. The van der Waals surface area contributed by atoms with Crippen molar-refractivity contribution in [3.63, 3.8) is 0 Å². The summed E-state index contributed by atoms with van der Waals surface area (Å²) in [5, 5.41) is 9.81. The van der Waals surface area contributed by atoms with Crippen LogP contribution in [0.1, 0.15) is 46.5 Å². The van der Waals surface area contributed by atoms with Crippen molar-refractivity contribution in [1.29, 1.82) is 0 Å². The van der Waals surface area contributed by atoms with Gasteiger partial charge in [-0.05, 0) is 25.7 Å². The first-order valence-corrected chi connectivity index (χ1v) is 5.67. The third-order valence-corrected chi connectivity index (χ3v) is 2.77. The molecule has 0 rings (SSSR count). The van der Waals surface area contributed by atoms with Crippen molar-refractivity contribution in [1.82, 2.24) is 0 Å². The third kappa shape index (κ3) is 5.57. The van der Waals surface area contributed by atoms with Gasteiger partial charge in [-0.25, -0.2) is 0 Å². The Bertz CT molecular complexity index is 224. The second-order valence-corrected chi connectivity index (χ2v) is 4.01. The van der Waals surface area contributed by atoms with Crippen LogP contribution in [0.25, 0.3) is 0 Å². The molecule has 1 amide bonds. The fourth-order valence-corrected chi connectivity index (χ4v) is 1.56. The van der Waals surface area contributed by atoms with Crippen LogP contribution >= 0.6 is 0 Å².